The average Bonchev–Trinajstić information content (AvgIpc) is 2.53. The molecule has 0 atom stereocenters. The number of aryl methyl sites for hydroxylation is 1. The molecule has 4 heteroatoms. The van der Waals surface area contributed by atoms with Gasteiger partial charge in [-0.3, -0.25) is 0 Å². The van der Waals surface area contributed by atoms with E-state index in [1.54, 1.807) is 25.3 Å². The molecular formula is C18H17ClO3. The molecule has 0 saturated heterocycles. The van der Waals surface area contributed by atoms with E-state index >= 15 is 0 Å². The molecule has 0 aliphatic heterocycles. The zero-order valence-corrected chi connectivity index (χ0v) is 13.5. The van der Waals surface area contributed by atoms with Crippen LogP contribution in [0.5, 0.6) is 5.75 Å². The zero-order valence-electron chi connectivity index (χ0n) is 12.7. The second kappa shape index (κ2) is 7.14. The number of rotatable bonds is 4. The van der Waals surface area contributed by atoms with Crippen molar-refractivity contribution >= 4 is 29.7 Å². The summed E-state index contributed by atoms with van der Waals surface area (Å²) in [4.78, 5) is 11.5. The second-order valence-corrected chi connectivity index (χ2v) is 5.19. The van der Waals surface area contributed by atoms with Crippen molar-refractivity contribution in [3.63, 3.8) is 0 Å². The lowest BCUT2D eigenvalue weighted by Crippen LogP contribution is -2.01. The maximum atomic E-state index is 11.5. The Morgan fingerprint density at radius 1 is 1.05 bits per heavy atom. The molecule has 0 spiro atoms. The molecule has 0 aromatic heterocycles. The Morgan fingerprint density at radius 2 is 1.73 bits per heavy atom. The third-order valence-corrected chi connectivity index (χ3v) is 3.67. The van der Waals surface area contributed by atoms with Gasteiger partial charge in [-0.25, -0.2) is 4.79 Å². The summed E-state index contributed by atoms with van der Waals surface area (Å²) >= 11 is 6.21. The van der Waals surface area contributed by atoms with Crippen molar-refractivity contribution in [1.82, 2.24) is 0 Å². The Kier molecular flexibility index (Phi) is 5.23. The van der Waals surface area contributed by atoms with Gasteiger partial charge in [-0.15, -0.1) is 0 Å². The highest BCUT2D eigenvalue weighted by Crippen LogP contribution is 2.24. The predicted molar refractivity (Wildman–Crippen MR) is 89.5 cm³/mol. The minimum Gasteiger partial charge on any atom is -0.497 e. The van der Waals surface area contributed by atoms with Gasteiger partial charge in [-0.2, -0.15) is 0 Å². The maximum Gasteiger partial charge on any atom is 0.337 e. The molecule has 0 radical (unpaired) electrons. The van der Waals surface area contributed by atoms with Gasteiger partial charge in [0.1, 0.15) is 5.75 Å². The van der Waals surface area contributed by atoms with Gasteiger partial charge < -0.3 is 9.47 Å². The van der Waals surface area contributed by atoms with Crippen molar-refractivity contribution in [2.75, 3.05) is 14.2 Å². The Hall–Kier alpha value is -2.26. The first-order valence-corrected chi connectivity index (χ1v) is 7.13. The number of methoxy groups -OCH3 is 2. The molecule has 2 aromatic carbocycles. The van der Waals surface area contributed by atoms with Crippen molar-refractivity contribution in [3.05, 3.63) is 63.7 Å². The first-order valence-electron chi connectivity index (χ1n) is 6.75. The highest BCUT2D eigenvalue weighted by molar-refractivity contribution is 6.32. The molecule has 0 aliphatic carbocycles. The largest absolute Gasteiger partial charge is 0.497 e. The molecule has 0 bridgehead atoms. The molecule has 114 valence electrons. The molecule has 0 fully saturated rings. The Bertz CT molecular complexity index is 720. The monoisotopic (exact) mass is 316 g/mol. The number of ether oxygens (including phenoxy) is 2. The molecular weight excluding hydrogens is 300 g/mol. The van der Waals surface area contributed by atoms with Gasteiger partial charge in [0.2, 0.25) is 0 Å². The summed E-state index contributed by atoms with van der Waals surface area (Å²) in [6.07, 6.45) is 3.89. The van der Waals surface area contributed by atoms with Gasteiger partial charge >= 0.3 is 5.97 Å². The van der Waals surface area contributed by atoms with Crippen LogP contribution in [0.4, 0.5) is 0 Å². The van der Waals surface area contributed by atoms with Gasteiger partial charge in [0.25, 0.3) is 0 Å². The van der Waals surface area contributed by atoms with E-state index in [4.69, 9.17) is 21.1 Å². The summed E-state index contributed by atoms with van der Waals surface area (Å²) in [5.74, 6) is 0.387. The van der Waals surface area contributed by atoms with E-state index in [1.165, 1.54) is 7.11 Å². The fourth-order valence-electron chi connectivity index (χ4n) is 2.06. The molecule has 0 saturated carbocycles. The van der Waals surface area contributed by atoms with Crippen molar-refractivity contribution in [3.8, 4) is 5.75 Å². The van der Waals surface area contributed by atoms with E-state index in [0.717, 1.165) is 22.4 Å². The normalized spacial score (nSPS) is 10.7. The zero-order chi connectivity index (χ0) is 16.1. The predicted octanol–water partition coefficient (Wildman–Crippen LogP) is 4.61. The number of hydrogen-bond acceptors (Lipinski definition) is 3. The van der Waals surface area contributed by atoms with E-state index in [-0.39, 0.29) is 5.97 Å². The van der Waals surface area contributed by atoms with E-state index in [2.05, 4.69) is 0 Å². The molecule has 2 rings (SSSR count). The third kappa shape index (κ3) is 3.68. The van der Waals surface area contributed by atoms with Crippen LogP contribution in [0.25, 0.3) is 12.2 Å². The van der Waals surface area contributed by atoms with Crippen LogP contribution >= 0.6 is 11.6 Å². The molecule has 0 N–H and O–H groups in total. The quantitative estimate of drug-likeness (QED) is 0.610. The second-order valence-electron chi connectivity index (χ2n) is 4.78. The Morgan fingerprint density at radius 3 is 2.32 bits per heavy atom. The summed E-state index contributed by atoms with van der Waals surface area (Å²) in [7, 11) is 2.98. The Balaban J connectivity index is 2.25. The summed E-state index contributed by atoms with van der Waals surface area (Å²) in [6.45, 7) is 1.95. The minimum absolute atomic E-state index is 0.336. The fraction of sp³-hybridized carbons (Fsp3) is 0.167. The van der Waals surface area contributed by atoms with Crippen LogP contribution in [-0.2, 0) is 4.74 Å². The summed E-state index contributed by atoms with van der Waals surface area (Å²) in [5, 5.41) is 0.624. The molecule has 2 aromatic rings. The smallest absolute Gasteiger partial charge is 0.337 e. The molecule has 3 nitrogen and oxygen atoms in total. The molecule has 0 amide bonds. The third-order valence-electron chi connectivity index (χ3n) is 3.34. The molecule has 0 aliphatic rings. The van der Waals surface area contributed by atoms with Crippen LogP contribution in [0.1, 0.15) is 27.0 Å². The summed E-state index contributed by atoms with van der Waals surface area (Å²) in [5.41, 5.74) is 3.45. The summed E-state index contributed by atoms with van der Waals surface area (Å²) in [6, 6.07) is 11.0. The van der Waals surface area contributed by atoms with Gasteiger partial charge in [-0.1, -0.05) is 29.8 Å². The average molecular weight is 317 g/mol. The van der Waals surface area contributed by atoms with Crippen molar-refractivity contribution in [2.45, 2.75) is 6.92 Å². The van der Waals surface area contributed by atoms with Crippen molar-refractivity contribution in [2.24, 2.45) is 0 Å². The SMILES string of the molecule is COC(=O)c1ccc(C=Cc2ccc(OC)cc2Cl)c(C)c1. The lowest BCUT2D eigenvalue weighted by atomic mass is 10.0. The van der Waals surface area contributed by atoms with Crippen LogP contribution < -0.4 is 4.74 Å². The van der Waals surface area contributed by atoms with Gasteiger partial charge in [0, 0.05) is 0 Å². The topological polar surface area (TPSA) is 35.5 Å². The van der Waals surface area contributed by atoms with E-state index in [9.17, 15) is 4.79 Å². The number of benzene rings is 2. The van der Waals surface area contributed by atoms with Crippen molar-refractivity contribution < 1.29 is 14.3 Å². The Labute approximate surface area is 135 Å². The maximum absolute atomic E-state index is 11.5. The number of esters is 1. The molecule has 22 heavy (non-hydrogen) atoms. The summed E-state index contributed by atoms with van der Waals surface area (Å²) < 4.78 is 9.84. The van der Waals surface area contributed by atoms with Crippen LogP contribution in [0.15, 0.2) is 36.4 Å². The first-order chi connectivity index (χ1) is 10.5. The van der Waals surface area contributed by atoms with Crippen LogP contribution in [0.2, 0.25) is 5.02 Å². The van der Waals surface area contributed by atoms with Crippen LogP contribution in [0.3, 0.4) is 0 Å². The number of carbonyl (C=O) groups excluding carboxylic acids is 1. The van der Waals surface area contributed by atoms with E-state index in [1.807, 2.05) is 37.3 Å². The first kappa shape index (κ1) is 16.1. The molecule has 0 unspecified atom stereocenters. The highest BCUT2D eigenvalue weighted by Gasteiger charge is 2.06. The standard InChI is InChI=1S/C18H17ClO3/c1-12-10-15(18(20)22-3)7-5-13(12)4-6-14-8-9-16(21-2)11-17(14)19/h4-11H,1-3H3. The minimum atomic E-state index is -0.336. The number of carbonyl (C=O) groups is 1. The fourth-order valence-corrected chi connectivity index (χ4v) is 2.29. The van der Waals surface area contributed by atoms with Gasteiger partial charge in [0.15, 0.2) is 0 Å². The highest BCUT2D eigenvalue weighted by atomic mass is 35.5. The lowest BCUT2D eigenvalue weighted by Gasteiger charge is -2.05. The van der Waals surface area contributed by atoms with Gasteiger partial charge in [0.05, 0.1) is 24.8 Å². The van der Waals surface area contributed by atoms with E-state index < -0.39 is 0 Å². The van der Waals surface area contributed by atoms with Crippen LogP contribution in [-0.4, -0.2) is 20.2 Å². The molecule has 0 heterocycles. The number of hydrogen-bond donors (Lipinski definition) is 0. The number of halogens is 1. The van der Waals surface area contributed by atoms with Crippen molar-refractivity contribution in [1.29, 1.82) is 0 Å². The van der Waals surface area contributed by atoms with Crippen LogP contribution in [0, 0.1) is 6.92 Å². The lowest BCUT2D eigenvalue weighted by molar-refractivity contribution is 0.0600. The van der Waals surface area contributed by atoms with E-state index in [0.29, 0.717) is 10.6 Å². The van der Waals surface area contributed by atoms with Gasteiger partial charge in [-0.05, 0) is 53.9 Å².